The lowest BCUT2D eigenvalue weighted by Gasteiger charge is -2.12. The van der Waals surface area contributed by atoms with Crippen LogP contribution in [0.25, 0.3) is 0 Å². The lowest BCUT2D eigenvalue weighted by molar-refractivity contribution is -0.137. The van der Waals surface area contributed by atoms with Crippen molar-refractivity contribution < 1.29 is 18.3 Å². The van der Waals surface area contributed by atoms with Gasteiger partial charge in [0.05, 0.1) is 17.4 Å². The standard InChI is InChI=1S/C15H14F3NO/c1-10-4-2-7-13(19-10)14(20)9-11-5-3-6-12(8-11)15(16,17)18/h2-8,14,20H,9H2,1H3. The molecule has 1 aromatic heterocycles. The van der Waals surface area contributed by atoms with Crippen molar-refractivity contribution in [3.8, 4) is 0 Å². The second-order valence-electron chi connectivity index (χ2n) is 4.62. The molecule has 0 saturated carbocycles. The van der Waals surface area contributed by atoms with E-state index in [1.807, 2.05) is 0 Å². The normalized spacial score (nSPS) is 13.2. The summed E-state index contributed by atoms with van der Waals surface area (Å²) >= 11 is 0. The number of hydrogen-bond donors (Lipinski definition) is 1. The number of aliphatic hydroxyl groups excluding tert-OH is 1. The number of hydrogen-bond acceptors (Lipinski definition) is 2. The number of rotatable bonds is 3. The second kappa shape index (κ2) is 5.63. The molecule has 0 amide bonds. The lowest BCUT2D eigenvalue weighted by Crippen LogP contribution is -2.08. The molecule has 2 nitrogen and oxygen atoms in total. The van der Waals surface area contributed by atoms with Gasteiger partial charge >= 0.3 is 6.18 Å². The van der Waals surface area contributed by atoms with Gasteiger partial charge in [0, 0.05) is 12.1 Å². The van der Waals surface area contributed by atoms with E-state index in [2.05, 4.69) is 4.98 Å². The van der Waals surface area contributed by atoms with E-state index in [9.17, 15) is 18.3 Å². The highest BCUT2D eigenvalue weighted by atomic mass is 19.4. The van der Waals surface area contributed by atoms with Gasteiger partial charge in [-0.2, -0.15) is 13.2 Å². The van der Waals surface area contributed by atoms with Crippen molar-refractivity contribution in [2.45, 2.75) is 25.6 Å². The smallest absolute Gasteiger partial charge is 0.386 e. The molecule has 0 radical (unpaired) electrons. The Kier molecular flexibility index (Phi) is 4.09. The molecule has 1 N–H and O–H groups in total. The third kappa shape index (κ3) is 3.57. The lowest BCUT2D eigenvalue weighted by atomic mass is 10.0. The van der Waals surface area contributed by atoms with Crippen LogP contribution in [0.2, 0.25) is 0 Å². The van der Waals surface area contributed by atoms with Crippen LogP contribution in [0.5, 0.6) is 0 Å². The van der Waals surface area contributed by atoms with Gasteiger partial charge in [-0.25, -0.2) is 0 Å². The Hall–Kier alpha value is -1.88. The van der Waals surface area contributed by atoms with Crippen molar-refractivity contribution >= 4 is 0 Å². The van der Waals surface area contributed by atoms with Crippen LogP contribution in [-0.2, 0) is 12.6 Å². The molecule has 1 heterocycles. The van der Waals surface area contributed by atoms with Gasteiger partial charge in [-0.1, -0.05) is 24.3 Å². The number of aryl methyl sites for hydroxylation is 1. The van der Waals surface area contributed by atoms with Crippen LogP contribution in [0, 0.1) is 6.92 Å². The zero-order chi connectivity index (χ0) is 14.8. The highest BCUT2D eigenvalue weighted by Gasteiger charge is 2.30. The Bertz CT molecular complexity index is 596. The van der Waals surface area contributed by atoms with Crippen molar-refractivity contribution in [2.75, 3.05) is 0 Å². The van der Waals surface area contributed by atoms with Crippen molar-refractivity contribution in [3.05, 3.63) is 65.0 Å². The fourth-order valence-corrected chi connectivity index (χ4v) is 1.95. The van der Waals surface area contributed by atoms with Crippen molar-refractivity contribution in [2.24, 2.45) is 0 Å². The van der Waals surface area contributed by atoms with E-state index < -0.39 is 17.8 Å². The van der Waals surface area contributed by atoms with Crippen LogP contribution in [0.4, 0.5) is 13.2 Å². The van der Waals surface area contributed by atoms with Gasteiger partial charge in [0.15, 0.2) is 0 Å². The fourth-order valence-electron chi connectivity index (χ4n) is 1.95. The maximum Gasteiger partial charge on any atom is 0.416 e. The Morgan fingerprint density at radius 1 is 1.15 bits per heavy atom. The van der Waals surface area contributed by atoms with Crippen LogP contribution in [0.15, 0.2) is 42.5 Å². The predicted octanol–water partition coefficient (Wildman–Crippen LogP) is 3.68. The van der Waals surface area contributed by atoms with Gasteiger partial charge < -0.3 is 5.11 Å². The molecule has 1 atom stereocenters. The molecule has 0 bridgehead atoms. The summed E-state index contributed by atoms with van der Waals surface area (Å²) in [7, 11) is 0. The van der Waals surface area contributed by atoms with Gasteiger partial charge in [0.2, 0.25) is 0 Å². The first-order valence-corrected chi connectivity index (χ1v) is 6.14. The third-order valence-electron chi connectivity index (χ3n) is 2.93. The number of halogens is 3. The Labute approximate surface area is 114 Å². The minimum atomic E-state index is -4.37. The summed E-state index contributed by atoms with van der Waals surface area (Å²) in [6.45, 7) is 1.79. The van der Waals surface area contributed by atoms with Crippen LogP contribution in [0.3, 0.4) is 0 Å². The monoisotopic (exact) mass is 281 g/mol. The molecule has 2 aromatic rings. The number of pyridine rings is 1. The van der Waals surface area contributed by atoms with Gasteiger partial charge in [0.25, 0.3) is 0 Å². The highest BCUT2D eigenvalue weighted by molar-refractivity contribution is 5.27. The molecule has 5 heteroatoms. The largest absolute Gasteiger partial charge is 0.416 e. The molecule has 2 rings (SSSR count). The number of aliphatic hydroxyl groups is 1. The summed E-state index contributed by atoms with van der Waals surface area (Å²) in [6.07, 6.45) is -5.19. The van der Waals surface area contributed by atoms with Crippen LogP contribution in [-0.4, -0.2) is 10.1 Å². The highest BCUT2D eigenvalue weighted by Crippen LogP contribution is 2.30. The minimum absolute atomic E-state index is 0.0976. The minimum Gasteiger partial charge on any atom is -0.386 e. The zero-order valence-electron chi connectivity index (χ0n) is 10.9. The molecule has 0 aliphatic heterocycles. The Balaban J connectivity index is 2.18. The second-order valence-corrected chi connectivity index (χ2v) is 4.62. The summed E-state index contributed by atoms with van der Waals surface area (Å²) in [6, 6.07) is 10.2. The number of aromatic nitrogens is 1. The average molecular weight is 281 g/mol. The number of nitrogens with zero attached hydrogens (tertiary/aromatic N) is 1. The average Bonchev–Trinajstić information content (AvgIpc) is 2.38. The molecule has 0 saturated heterocycles. The van der Waals surface area contributed by atoms with Crippen LogP contribution >= 0.6 is 0 Å². The van der Waals surface area contributed by atoms with E-state index in [4.69, 9.17) is 0 Å². The molecular formula is C15H14F3NO. The molecular weight excluding hydrogens is 267 g/mol. The first-order valence-electron chi connectivity index (χ1n) is 6.14. The predicted molar refractivity (Wildman–Crippen MR) is 69.1 cm³/mol. The van der Waals surface area contributed by atoms with Crippen molar-refractivity contribution in [3.63, 3.8) is 0 Å². The SMILES string of the molecule is Cc1cccc(C(O)Cc2cccc(C(F)(F)F)c2)n1. The summed E-state index contributed by atoms with van der Waals surface area (Å²) in [5, 5.41) is 10.0. The van der Waals surface area contributed by atoms with Crippen molar-refractivity contribution in [1.82, 2.24) is 4.98 Å². The summed E-state index contributed by atoms with van der Waals surface area (Å²) in [5.74, 6) is 0. The van der Waals surface area contributed by atoms with E-state index in [1.165, 1.54) is 6.07 Å². The topological polar surface area (TPSA) is 33.1 Å². The molecule has 1 aromatic carbocycles. The number of alkyl halides is 3. The molecule has 20 heavy (non-hydrogen) atoms. The first-order chi connectivity index (χ1) is 9.36. The van der Waals surface area contributed by atoms with Crippen LogP contribution in [0.1, 0.15) is 28.6 Å². The molecule has 106 valence electrons. The maximum atomic E-state index is 12.6. The summed E-state index contributed by atoms with van der Waals surface area (Å²) in [5.41, 5.74) is 0.933. The molecule has 0 spiro atoms. The van der Waals surface area contributed by atoms with E-state index in [0.29, 0.717) is 11.3 Å². The first kappa shape index (κ1) is 14.5. The molecule has 0 fully saturated rings. The number of benzene rings is 1. The summed E-state index contributed by atoms with van der Waals surface area (Å²) in [4.78, 5) is 4.17. The quantitative estimate of drug-likeness (QED) is 0.930. The maximum absolute atomic E-state index is 12.6. The van der Waals surface area contributed by atoms with E-state index >= 15 is 0 Å². The van der Waals surface area contributed by atoms with E-state index in [-0.39, 0.29) is 6.42 Å². The fraction of sp³-hybridized carbons (Fsp3) is 0.267. The zero-order valence-corrected chi connectivity index (χ0v) is 10.9. The molecule has 0 aliphatic rings. The van der Waals surface area contributed by atoms with E-state index in [1.54, 1.807) is 31.2 Å². The van der Waals surface area contributed by atoms with Gasteiger partial charge in [-0.05, 0) is 30.7 Å². The Morgan fingerprint density at radius 2 is 1.85 bits per heavy atom. The van der Waals surface area contributed by atoms with Gasteiger partial charge in [-0.15, -0.1) is 0 Å². The Morgan fingerprint density at radius 3 is 2.50 bits per heavy atom. The van der Waals surface area contributed by atoms with Crippen molar-refractivity contribution in [1.29, 1.82) is 0 Å². The molecule has 0 aliphatic carbocycles. The van der Waals surface area contributed by atoms with E-state index in [0.717, 1.165) is 17.8 Å². The van der Waals surface area contributed by atoms with Gasteiger partial charge in [-0.3, -0.25) is 4.98 Å². The third-order valence-corrected chi connectivity index (χ3v) is 2.93. The summed E-state index contributed by atoms with van der Waals surface area (Å²) < 4.78 is 37.8. The van der Waals surface area contributed by atoms with Crippen LogP contribution < -0.4 is 0 Å². The molecule has 1 unspecified atom stereocenters. The van der Waals surface area contributed by atoms with Gasteiger partial charge in [0.1, 0.15) is 0 Å².